The van der Waals surface area contributed by atoms with Crippen LogP contribution in [0.3, 0.4) is 0 Å². The summed E-state index contributed by atoms with van der Waals surface area (Å²) in [6.07, 6.45) is 4.69. The van der Waals surface area contributed by atoms with E-state index < -0.39 is 6.10 Å². The number of aromatic nitrogens is 1. The lowest BCUT2D eigenvalue weighted by molar-refractivity contribution is -0.154. The van der Waals surface area contributed by atoms with E-state index in [1.54, 1.807) is 6.92 Å². The first kappa shape index (κ1) is 18.2. The van der Waals surface area contributed by atoms with Crippen LogP contribution >= 0.6 is 0 Å². The van der Waals surface area contributed by atoms with Gasteiger partial charge in [-0.1, -0.05) is 25.1 Å². The van der Waals surface area contributed by atoms with Crippen molar-refractivity contribution in [1.29, 1.82) is 0 Å². The number of ether oxygens (including phenoxy) is 1. The molecule has 4 atom stereocenters. The Morgan fingerprint density at radius 3 is 2.96 bits per heavy atom. The van der Waals surface area contributed by atoms with Gasteiger partial charge < -0.3 is 14.4 Å². The molecule has 0 radical (unpaired) electrons. The number of rotatable bonds is 4. The van der Waals surface area contributed by atoms with E-state index in [0.29, 0.717) is 6.04 Å². The molecular weight excluding hydrogens is 352 g/mol. The van der Waals surface area contributed by atoms with Gasteiger partial charge in [0.25, 0.3) is 0 Å². The van der Waals surface area contributed by atoms with E-state index in [2.05, 4.69) is 40.7 Å². The minimum Gasteiger partial charge on any atom is -0.461 e. The Morgan fingerprint density at radius 2 is 2.18 bits per heavy atom. The fraction of sp³-hybridized carbons (Fsp3) is 0.609. The highest BCUT2D eigenvalue weighted by Gasteiger charge is 2.54. The first-order valence-corrected chi connectivity index (χ1v) is 10.8. The molecule has 1 N–H and O–H groups in total. The van der Waals surface area contributed by atoms with Gasteiger partial charge in [0.1, 0.15) is 12.6 Å². The van der Waals surface area contributed by atoms with Gasteiger partial charge in [-0.15, -0.1) is 0 Å². The summed E-state index contributed by atoms with van der Waals surface area (Å²) in [7, 11) is 0. The van der Waals surface area contributed by atoms with Gasteiger partial charge in [-0.05, 0) is 62.6 Å². The highest BCUT2D eigenvalue weighted by Crippen LogP contribution is 2.59. The summed E-state index contributed by atoms with van der Waals surface area (Å²) in [5.74, 6) is -0.196. The molecule has 0 bridgehead atoms. The molecule has 0 amide bonds. The lowest BCUT2D eigenvalue weighted by Gasteiger charge is -2.56. The van der Waals surface area contributed by atoms with Crippen LogP contribution in [0.4, 0.5) is 0 Å². The number of benzene rings is 1. The zero-order valence-corrected chi connectivity index (χ0v) is 16.9. The molecule has 1 saturated heterocycles. The van der Waals surface area contributed by atoms with Crippen molar-refractivity contribution < 1.29 is 14.6 Å². The summed E-state index contributed by atoms with van der Waals surface area (Å²) in [5, 5.41) is 10.9. The third-order valence-corrected chi connectivity index (χ3v) is 7.39. The van der Waals surface area contributed by atoms with Crippen LogP contribution in [-0.4, -0.2) is 46.3 Å². The maximum Gasteiger partial charge on any atom is 0.329 e. The van der Waals surface area contributed by atoms with Crippen LogP contribution in [0.5, 0.6) is 0 Å². The zero-order valence-electron chi connectivity index (χ0n) is 16.9. The maximum absolute atomic E-state index is 13.2. The molecule has 1 unspecified atom stereocenters. The normalized spacial score (nSPS) is 30.1. The van der Waals surface area contributed by atoms with Gasteiger partial charge in [0.2, 0.25) is 0 Å². The predicted molar refractivity (Wildman–Crippen MR) is 108 cm³/mol. The first-order valence-electron chi connectivity index (χ1n) is 10.8. The van der Waals surface area contributed by atoms with Gasteiger partial charge >= 0.3 is 5.97 Å². The van der Waals surface area contributed by atoms with Crippen molar-refractivity contribution in [2.45, 2.75) is 64.1 Å². The first-order chi connectivity index (χ1) is 13.6. The van der Waals surface area contributed by atoms with Crippen molar-refractivity contribution in [3.8, 4) is 0 Å². The Hall–Kier alpha value is -1.85. The molecular formula is C23H30N2O3. The molecule has 2 aromatic rings. The number of carbonyl (C=O) groups is 1. The largest absolute Gasteiger partial charge is 0.461 e. The summed E-state index contributed by atoms with van der Waals surface area (Å²) < 4.78 is 7.85. The van der Waals surface area contributed by atoms with Crippen molar-refractivity contribution in [3.63, 3.8) is 0 Å². The SMILES string of the molecule is CC[C@@]12CCCN3CCc4c(n(c5ccccc45)[C@H](C(=O)OCC(C)O)C1)[C@@H]32. The molecule has 0 aliphatic carbocycles. The monoisotopic (exact) mass is 382 g/mol. The van der Waals surface area contributed by atoms with E-state index in [-0.39, 0.29) is 24.0 Å². The van der Waals surface area contributed by atoms with Crippen LogP contribution in [0.2, 0.25) is 0 Å². The van der Waals surface area contributed by atoms with Gasteiger partial charge in [-0.25, -0.2) is 4.79 Å². The Bertz CT molecular complexity index is 918. The molecule has 1 aromatic heterocycles. The smallest absolute Gasteiger partial charge is 0.329 e. The van der Waals surface area contributed by atoms with Crippen LogP contribution in [-0.2, 0) is 16.0 Å². The molecule has 0 saturated carbocycles. The van der Waals surface area contributed by atoms with Crippen molar-refractivity contribution in [2.24, 2.45) is 5.41 Å². The number of piperidine rings is 1. The predicted octanol–water partition coefficient (Wildman–Crippen LogP) is 3.60. The Morgan fingerprint density at radius 1 is 1.36 bits per heavy atom. The topological polar surface area (TPSA) is 54.7 Å². The Balaban J connectivity index is 1.71. The van der Waals surface area contributed by atoms with Gasteiger partial charge in [0.15, 0.2) is 0 Å². The summed E-state index contributed by atoms with van der Waals surface area (Å²) in [6, 6.07) is 8.63. The van der Waals surface area contributed by atoms with Crippen LogP contribution < -0.4 is 0 Å². The zero-order chi connectivity index (χ0) is 19.5. The average Bonchev–Trinajstić information content (AvgIpc) is 3.05. The van der Waals surface area contributed by atoms with Gasteiger partial charge in [-0.2, -0.15) is 0 Å². The van der Waals surface area contributed by atoms with Crippen molar-refractivity contribution >= 4 is 16.9 Å². The van der Waals surface area contributed by atoms with E-state index in [0.717, 1.165) is 37.9 Å². The van der Waals surface area contributed by atoms with E-state index >= 15 is 0 Å². The molecule has 1 aromatic carbocycles. The van der Waals surface area contributed by atoms with Gasteiger partial charge in [0, 0.05) is 23.1 Å². The number of esters is 1. The second-order valence-corrected chi connectivity index (χ2v) is 8.96. The average molecular weight is 383 g/mol. The second kappa shape index (κ2) is 6.60. The van der Waals surface area contributed by atoms with Crippen molar-refractivity contribution in [2.75, 3.05) is 19.7 Å². The lowest BCUT2D eigenvalue weighted by atomic mass is 9.63. The highest BCUT2D eigenvalue weighted by molar-refractivity contribution is 5.89. The Kier molecular flexibility index (Phi) is 4.29. The number of carbonyl (C=O) groups excluding carboxylic acids is 1. The molecule has 5 rings (SSSR count). The summed E-state index contributed by atoms with van der Waals surface area (Å²) in [5.41, 5.74) is 4.08. The lowest BCUT2D eigenvalue weighted by Crippen LogP contribution is -2.54. The van der Waals surface area contributed by atoms with Crippen LogP contribution in [0.25, 0.3) is 10.9 Å². The highest BCUT2D eigenvalue weighted by atomic mass is 16.5. The number of fused-ring (bicyclic) bond motifs is 3. The number of para-hydroxylation sites is 1. The minimum absolute atomic E-state index is 0.0609. The Labute approximate surface area is 166 Å². The molecule has 1 fully saturated rings. The van der Waals surface area contributed by atoms with E-state index in [4.69, 9.17) is 4.74 Å². The van der Waals surface area contributed by atoms with Crippen molar-refractivity contribution in [3.05, 3.63) is 35.5 Å². The minimum atomic E-state index is -0.638. The second-order valence-electron chi connectivity index (χ2n) is 8.96. The number of aliphatic hydroxyl groups excluding tert-OH is 1. The van der Waals surface area contributed by atoms with Gasteiger partial charge in [0.05, 0.1) is 12.1 Å². The number of nitrogens with zero attached hydrogens (tertiary/aromatic N) is 2. The number of aliphatic hydroxyl groups is 1. The van der Waals surface area contributed by atoms with Gasteiger partial charge in [-0.3, -0.25) is 4.90 Å². The van der Waals surface area contributed by atoms with Crippen molar-refractivity contribution in [1.82, 2.24) is 9.47 Å². The van der Waals surface area contributed by atoms with E-state index in [1.165, 1.54) is 29.5 Å². The third kappa shape index (κ3) is 2.49. The fourth-order valence-corrected chi connectivity index (χ4v) is 6.19. The molecule has 0 spiro atoms. The molecule has 5 heteroatoms. The summed E-state index contributed by atoms with van der Waals surface area (Å²) in [6.45, 7) is 6.28. The van der Waals surface area contributed by atoms with Crippen LogP contribution in [0.15, 0.2) is 24.3 Å². The number of hydrogen-bond donors (Lipinski definition) is 1. The molecule has 3 aliphatic heterocycles. The quantitative estimate of drug-likeness (QED) is 0.821. The van der Waals surface area contributed by atoms with E-state index in [9.17, 15) is 9.90 Å². The summed E-state index contributed by atoms with van der Waals surface area (Å²) >= 11 is 0. The van der Waals surface area contributed by atoms with E-state index in [1.807, 2.05) is 0 Å². The molecule has 5 nitrogen and oxygen atoms in total. The third-order valence-electron chi connectivity index (χ3n) is 7.39. The van der Waals surface area contributed by atoms with Crippen LogP contribution in [0, 0.1) is 5.41 Å². The molecule has 28 heavy (non-hydrogen) atoms. The fourth-order valence-electron chi connectivity index (χ4n) is 6.19. The maximum atomic E-state index is 13.2. The standard InChI is InChI=1S/C23H30N2O3/c1-3-23-10-6-11-24-12-9-17-16-7-4-5-8-18(16)25(20(17)21(23)24)19(13-23)22(27)28-14-15(2)26/h4-5,7-8,15,19,21,26H,3,6,9-14H2,1-2H3/t15?,19-,21+,23+/m0/s1. The molecule has 3 aliphatic rings. The number of hydrogen-bond acceptors (Lipinski definition) is 4. The molecule has 4 heterocycles. The molecule has 150 valence electrons. The van der Waals surface area contributed by atoms with Crippen LogP contribution in [0.1, 0.15) is 62.9 Å². The summed E-state index contributed by atoms with van der Waals surface area (Å²) in [4.78, 5) is 15.9.